The molecule has 2 aromatic heterocycles. The van der Waals surface area contributed by atoms with Crippen LogP contribution in [0, 0.1) is 0 Å². The molecule has 1 amide bonds. The van der Waals surface area contributed by atoms with Crippen LogP contribution < -0.4 is 5.32 Å². The van der Waals surface area contributed by atoms with Gasteiger partial charge in [0.05, 0.1) is 29.6 Å². The van der Waals surface area contributed by atoms with Crippen LogP contribution in [0.15, 0.2) is 18.6 Å². The fraction of sp³-hybridized carbons (Fsp3) is 0.438. The lowest BCUT2D eigenvalue weighted by Crippen LogP contribution is -2.39. The van der Waals surface area contributed by atoms with Crippen LogP contribution in [-0.2, 0) is 18.6 Å². The highest BCUT2D eigenvalue weighted by atomic mass is 35.5. The Balaban J connectivity index is 0.00000196. The van der Waals surface area contributed by atoms with Gasteiger partial charge in [0.2, 0.25) is 0 Å². The standard InChI is InChI=1S/C16H18N6O3.ClH/c1-21(13(23)11-8-20-22-5-4-17-9-12(11)22)16(2-3-16)15-18-6-10(7-19-15)14(24)25;/h6-8,17H,2-5,9H2,1H3,(H,24,25);1H. The lowest BCUT2D eigenvalue weighted by molar-refractivity contribution is 0.0679. The van der Waals surface area contributed by atoms with E-state index in [1.807, 2.05) is 4.68 Å². The van der Waals surface area contributed by atoms with Crippen molar-refractivity contribution in [2.75, 3.05) is 13.6 Å². The average Bonchev–Trinajstić information content (AvgIpc) is 3.34. The molecule has 9 nitrogen and oxygen atoms in total. The number of carbonyl (C=O) groups excluding carboxylic acids is 1. The van der Waals surface area contributed by atoms with Gasteiger partial charge in [-0.1, -0.05) is 0 Å². The number of amides is 1. The van der Waals surface area contributed by atoms with Gasteiger partial charge in [-0.25, -0.2) is 14.8 Å². The number of hydrogen-bond acceptors (Lipinski definition) is 6. The summed E-state index contributed by atoms with van der Waals surface area (Å²) in [5.41, 5.74) is 0.944. The first-order chi connectivity index (χ1) is 12.0. The van der Waals surface area contributed by atoms with E-state index in [1.165, 1.54) is 12.4 Å². The van der Waals surface area contributed by atoms with Gasteiger partial charge in [0, 0.05) is 32.5 Å². The van der Waals surface area contributed by atoms with Crippen molar-refractivity contribution in [2.24, 2.45) is 0 Å². The maximum absolute atomic E-state index is 13.0. The summed E-state index contributed by atoms with van der Waals surface area (Å²) in [5, 5.41) is 16.5. The smallest absolute Gasteiger partial charge is 0.338 e. The number of aromatic nitrogens is 4. The van der Waals surface area contributed by atoms with Gasteiger partial charge < -0.3 is 15.3 Å². The molecule has 0 atom stereocenters. The van der Waals surface area contributed by atoms with Gasteiger partial charge >= 0.3 is 5.97 Å². The van der Waals surface area contributed by atoms with Crippen molar-refractivity contribution in [1.29, 1.82) is 0 Å². The van der Waals surface area contributed by atoms with Crippen LogP contribution in [0.25, 0.3) is 0 Å². The normalized spacial score (nSPS) is 17.0. The molecule has 0 unspecified atom stereocenters. The van der Waals surface area contributed by atoms with Crippen molar-refractivity contribution in [3.63, 3.8) is 0 Å². The number of nitrogens with zero attached hydrogens (tertiary/aromatic N) is 5. The van der Waals surface area contributed by atoms with Crippen LogP contribution in [0.2, 0.25) is 0 Å². The summed E-state index contributed by atoms with van der Waals surface area (Å²) >= 11 is 0. The van der Waals surface area contributed by atoms with E-state index in [9.17, 15) is 9.59 Å². The van der Waals surface area contributed by atoms with Crippen molar-refractivity contribution in [1.82, 2.24) is 30.0 Å². The molecule has 0 bridgehead atoms. The predicted molar refractivity (Wildman–Crippen MR) is 93.2 cm³/mol. The van der Waals surface area contributed by atoms with Crippen molar-refractivity contribution in [2.45, 2.75) is 31.5 Å². The summed E-state index contributed by atoms with van der Waals surface area (Å²) in [6, 6.07) is 0. The quantitative estimate of drug-likeness (QED) is 0.803. The first-order valence-electron chi connectivity index (χ1n) is 8.12. The Labute approximate surface area is 155 Å². The SMILES string of the molecule is CN(C(=O)c1cnn2c1CNCC2)C1(c2ncc(C(=O)O)cn2)CC1.Cl. The second kappa shape index (κ2) is 6.65. The molecule has 0 radical (unpaired) electrons. The molecule has 1 aliphatic heterocycles. The Hall–Kier alpha value is -2.52. The van der Waals surface area contributed by atoms with E-state index < -0.39 is 11.5 Å². The molecule has 2 aliphatic rings. The number of aromatic carboxylic acids is 1. The number of carbonyl (C=O) groups is 2. The second-order valence-corrected chi connectivity index (χ2v) is 6.40. The van der Waals surface area contributed by atoms with Crippen LogP contribution in [0.5, 0.6) is 0 Å². The highest BCUT2D eigenvalue weighted by Crippen LogP contribution is 2.49. The van der Waals surface area contributed by atoms with Crippen molar-refractivity contribution >= 4 is 24.3 Å². The number of nitrogens with one attached hydrogen (secondary N) is 1. The molecular weight excluding hydrogens is 360 g/mol. The van der Waals surface area contributed by atoms with Gasteiger partial charge in [0.1, 0.15) is 5.54 Å². The number of carboxylic acid groups (broad SMARTS) is 1. The van der Waals surface area contributed by atoms with Crippen LogP contribution in [-0.4, -0.2) is 55.2 Å². The largest absolute Gasteiger partial charge is 0.478 e. The molecule has 138 valence electrons. The summed E-state index contributed by atoms with van der Waals surface area (Å²) in [5.74, 6) is -0.708. The second-order valence-electron chi connectivity index (χ2n) is 6.40. The minimum absolute atomic E-state index is 0. The van der Waals surface area contributed by atoms with E-state index in [0.29, 0.717) is 17.9 Å². The fourth-order valence-corrected chi connectivity index (χ4v) is 3.24. The molecule has 0 aromatic carbocycles. The molecule has 2 N–H and O–H groups in total. The van der Waals surface area contributed by atoms with Gasteiger partial charge in [0.25, 0.3) is 5.91 Å². The zero-order valence-corrected chi connectivity index (χ0v) is 15.0. The minimum atomic E-state index is -1.07. The molecule has 0 spiro atoms. The number of hydrogen-bond donors (Lipinski definition) is 2. The molecule has 10 heteroatoms. The van der Waals surface area contributed by atoms with Gasteiger partial charge in [-0.3, -0.25) is 9.48 Å². The highest BCUT2D eigenvalue weighted by Gasteiger charge is 2.53. The minimum Gasteiger partial charge on any atom is -0.478 e. The maximum Gasteiger partial charge on any atom is 0.338 e. The van der Waals surface area contributed by atoms with Gasteiger partial charge in [0.15, 0.2) is 5.82 Å². The highest BCUT2D eigenvalue weighted by molar-refractivity contribution is 5.95. The van der Waals surface area contributed by atoms with E-state index in [2.05, 4.69) is 20.4 Å². The Bertz CT molecular complexity index is 846. The van der Waals surface area contributed by atoms with Crippen molar-refractivity contribution in [3.8, 4) is 0 Å². The van der Waals surface area contributed by atoms with E-state index in [1.54, 1.807) is 18.1 Å². The summed E-state index contributed by atoms with van der Waals surface area (Å²) in [4.78, 5) is 34.0. The monoisotopic (exact) mass is 378 g/mol. The first-order valence-corrected chi connectivity index (χ1v) is 8.12. The van der Waals surface area contributed by atoms with Crippen LogP contribution in [0.3, 0.4) is 0 Å². The molecule has 4 rings (SSSR count). The molecular formula is C16H19ClN6O3. The Kier molecular flexibility index (Phi) is 4.68. The zero-order chi connectivity index (χ0) is 17.6. The van der Waals surface area contributed by atoms with E-state index >= 15 is 0 Å². The third-order valence-corrected chi connectivity index (χ3v) is 4.96. The van der Waals surface area contributed by atoms with Crippen LogP contribution >= 0.6 is 12.4 Å². The van der Waals surface area contributed by atoms with Gasteiger partial charge in [-0.2, -0.15) is 5.10 Å². The Morgan fingerprint density at radius 2 is 1.96 bits per heavy atom. The molecule has 0 saturated heterocycles. The fourth-order valence-electron chi connectivity index (χ4n) is 3.24. The molecule has 1 fully saturated rings. The van der Waals surface area contributed by atoms with Gasteiger partial charge in [-0.05, 0) is 12.8 Å². The summed E-state index contributed by atoms with van der Waals surface area (Å²) < 4.78 is 1.86. The lowest BCUT2D eigenvalue weighted by Gasteiger charge is -2.27. The summed E-state index contributed by atoms with van der Waals surface area (Å²) in [7, 11) is 1.74. The van der Waals surface area contributed by atoms with Crippen molar-refractivity contribution < 1.29 is 14.7 Å². The lowest BCUT2D eigenvalue weighted by atomic mass is 10.1. The number of halogens is 1. The third-order valence-electron chi connectivity index (χ3n) is 4.96. The summed E-state index contributed by atoms with van der Waals surface area (Å²) in [6.07, 6.45) is 5.70. The molecule has 26 heavy (non-hydrogen) atoms. The van der Waals surface area contributed by atoms with Crippen LogP contribution in [0.1, 0.15) is 45.1 Å². The zero-order valence-electron chi connectivity index (χ0n) is 14.2. The molecule has 1 aliphatic carbocycles. The number of carboxylic acids is 1. The number of fused-ring (bicyclic) bond motifs is 1. The van der Waals surface area contributed by atoms with E-state index in [0.717, 1.165) is 31.6 Å². The summed E-state index contributed by atoms with van der Waals surface area (Å²) in [6.45, 7) is 2.20. The molecule has 2 aromatic rings. The third kappa shape index (κ3) is 2.82. The van der Waals surface area contributed by atoms with E-state index in [4.69, 9.17) is 5.11 Å². The Morgan fingerprint density at radius 3 is 2.58 bits per heavy atom. The predicted octanol–water partition coefficient (Wildman–Crippen LogP) is 0.658. The van der Waals surface area contributed by atoms with Gasteiger partial charge in [-0.15, -0.1) is 12.4 Å². The molecule has 3 heterocycles. The van der Waals surface area contributed by atoms with Crippen molar-refractivity contribution in [3.05, 3.63) is 41.2 Å². The Morgan fingerprint density at radius 1 is 1.27 bits per heavy atom. The van der Waals surface area contributed by atoms with Crippen LogP contribution in [0.4, 0.5) is 0 Å². The topological polar surface area (TPSA) is 113 Å². The van der Waals surface area contributed by atoms with E-state index in [-0.39, 0.29) is 23.9 Å². The maximum atomic E-state index is 13.0. The average molecular weight is 379 g/mol. The number of rotatable bonds is 4. The molecule has 1 saturated carbocycles. The first kappa shape index (κ1) is 18.3.